The minimum absolute atomic E-state index is 0.771. The summed E-state index contributed by atoms with van der Waals surface area (Å²) in [7, 11) is 0. The van der Waals surface area contributed by atoms with E-state index in [1.807, 2.05) is 0 Å². The maximum atomic E-state index is 5.89. The number of nitrogens with zero attached hydrogens (tertiary/aromatic N) is 1. The standard InChI is InChI=1S/C16H24N2/c17-11-14-9-15-7-4-8-16(10-14)18(15)12-13-5-2-1-3-6-13/h1-3,5-6,14-16H,4,7-12,17H2. The summed E-state index contributed by atoms with van der Waals surface area (Å²) in [5.74, 6) is 0.771. The second-order valence-corrected chi connectivity index (χ2v) is 5.97. The zero-order valence-corrected chi connectivity index (χ0v) is 11.1. The lowest BCUT2D eigenvalue weighted by Crippen LogP contribution is -2.52. The van der Waals surface area contributed by atoms with Crippen molar-refractivity contribution in [1.29, 1.82) is 0 Å². The Morgan fingerprint density at radius 1 is 1.06 bits per heavy atom. The molecule has 0 amide bonds. The van der Waals surface area contributed by atoms with E-state index in [9.17, 15) is 0 Å². The van der Waals surface area contributed by atoms with Gasteiger partial charge in [0, 0.05) is 18.6 Å². The van der Waals surface area contributed by atoms with E-state index in [2.05, 4.69) is 35.2 Å². The summed E-state index contributed by atoms with van der Waals surface area (Å²) < 4.78 is 0. The molecule has 0 aliphatic carbocycles. The first-order chi connectivity index (χ1) is 8.86. The van der Waals surface area contributed by atoms with E-state index in [0.29, 0.717) is 0 Å². The quantitative estimate of drug-likeness (QED) is 0.886. The van der Waals surface area contributed by atoms with Crippen molar-refractivity contribution in [2.75, 3.05) is 6.54 Å². The van der Waals surface area contributed by atoms with E-state index in [0.717, 1.165) is 31.1 Å². The van der Waals surface area contributed by atoms with Crippen molar-refractivity contribution < 1.29 is 0 Å². The van der Waals surface area contributed by atoms with Crippen LogP contribution in [-0.4, -0.2) is 23.5 Å². The van der Waals surface area contributed by atoms with Crippen LogP contribution in [0.15, 0.2) is 30.3 Å². The predicted molar refractivity (Wildman–Crippen MR) is 75.2 cm³/mol. The third-order valence-electron chi connectivity index (χ3n) is 4.76. The van der Waals surface area contributed by atoms with Crippen molar-refractivity contribution in [1.82, 2.24) is 4.90 Å². The maximum Gasteiger partial charge on any atom is 0.0239 e. The van der Waals surface area contributed by atoms with Crippen LogP contribution in [0.5, 0.6) is 0 Å². The molecule has 98 valence electrons. The van der Waals surface area contributed by atoms with E-state index in [4.69, 9.17) is 5.73 Å². The number of rotatable bonds is 3. The van der Waals surface area contributed by atoms with Gasteiger partial charge >= 0.3 is 0 Å². The Balaban J connectivity index is 1.72. The summed E-state index contributed by atoms with van der Waals surface area (Å²) >= 11 is 0. The molecular weight excluding hydrogens is 220 g/mol. The monoisotopic (exact) mass is 244 g/mol. The van der Waals surface area contributed by atoms with Gasteiger partial charge in [-0.1, -0.05) is 36.8 Å². The van der Waals surface area contributed by atoms with Crippen molar-refractivity contribution in [3.05, 3.63) is 35.9 Å². The number of piperidine rings is 2. The first-order valence-electron chi connectivity index (χ1n) is 7.36. The Kier molecular flexibility index (Phi) is 3.67. The summed E-state index contributed by atoms with van der Waals surface area (Å²) in [6, 6.07) is 12.5. The molecule has 1 aromatic carbocycles. The predicted octanol–water partition coefficient (Wildman–Crippen LogP) is 2.78. The molecule has 3 rings (SSSR count). The maximum absolute atomic E-state index is 5.89. The summed E-state index contributed by atoms with van der Waals surface area (Å²) in [6.45, 7) is 2.01. The number of fused-ring (bicyclic) bond motifs is 2. The normalized spacial score (nSPS) is 32.4. The lowest BCUT2D eigenvalue weighted by molar-refractivity contribution is 0.00889. The summed E-state index contributed by atoms with van der Waals surface area (Å²) in [5.41, 5.74) is 7.34. The molecule has 1 aromatic rings. The molecule has 2 heterocycles. The third kappa shape index (κ3) is 2.45. The van der Waals surface area contributed by atoms with Crippen LogP contribution in [0.4, 0.5) is 0 Å². The molecule has 2 unspecified atom stereocenters. The number of benzene rings is 1. The van der Waals surface area contributed by atoms with E-state index in [1.165, 1.54) is 37.7 Å². The number of hydrogen-bond donors (Lipinski definition) is 1. The van der Waals surface area contributed by atoms with Gasteiger partial charge in [0.25, 0.3) is 0 Å². The Morgan fingerprint density at radius 2 is 1.72 bits per heavy atom. The van der Waals surface area contributed by atoms with Crippen LogP contribution in [-0.2, 0) is 6.54 Å². The SMILES string of the molecule is NCC1CC2CCCC(C1)N2Cc1ccccc1. The highest BCUT2D eigenvalue weighted by atomic mass is 15.2. The minimum Gasteiger partial charge on any atom is -0.330 e. The highest BCUT2D eigenvalue weighted by molar-refractivity contribution is 5.15. The molecule has 0 spiro atoms. The van der Waals surface area contributed by atoms with Gasteiger partial charge in [-0.2, -0.15) is 0 Å². The Bertz CT molecular complexity index is 362. The molecule has 2 atom stereocenters. The Labute approximate surface area is 110 Å². The first-order valence-corrected chi connectivity index (χ1v) is 7.36. The van der Waals surface area contributed by atoms with Crippen LogP contribution in [0, 0.1) is 5.92 Å². The largest absolute Gasteiger partial charge is 0.330 e. The van der Waals surface area contributed by atoms with Crippen molar-refractivity contribution in [3.63, 3.8) is 0 Å². The lowest BCUT2D eigenvalue weighted by atomic mass is 9.78. The molecule has 2 aliphatic heterocycles. The Hall–Kier alpha value is -0.860. The van der Waals surface area contributed by atoms with Gasteiger partial charge in [-0.15, -0.1) is 0 Å². The van der Waals surface area contributed by atoms with E-state index >= 15 is 0 Å². The molecule has 2 heteroatoms. The first kappa shape index (κ1) is 12.2. The minimum atomic E-state index is 0.771. The van der Waals surface area contributed by atoms with Crippen LogP contribution in [0.1, 0.15) is 37.7 Å². The van der Waals surface area contributed by atoms with Crippen molar-refractivity contribution in [2.45, 2.75) is 50.7 Å². The van der Waals surface area contributed by atoms with E-state index < -0.39 is 0 Å². The van der Waals surface area contributed by atoms with Crippen LogP contribution in [0.25, 0.3) is 0 Å². The van der Waals surface area contributed by atoms with Gasteiger partial charge in [0.05, 0.1) is 0 Å². The summed E-state index contributed by atoms with van der Waals surface area (Å²) in [5, 5.41) is 0. The van der Waals surface area contributed by atoms with Crippen LogP contribution in [0.3, 0.4) is 0 Å². The lowest BCUT2D eigenvalue weighted by Gasteiger charge is -2.49. The van der Waals surface area contributed by atoms with Crippen LogP contribution < -0.4 is 5.73 Å². The van der Waals surface area contributed by atoms with Gasteiger partial charge in [0.1, 0.15) is 0 Å². The average molecular weight is 244 g/mol. The fourth-order valence-corrected chi connectivity index (χ4v) is 3.84. The fraction of sp³-hybridized carbons (Fsp3) is 0.625. The van der Waals surface area contributed by atoms with Crippen molar-refractivity contribution >= 4 is 0 Å². The van der Waals surface area contributed by atoms with Crippen LogP contribution in [0.2, 0.25) is 0 Å². The smallest absolute Gasteiger partial charge is 0.0239 e. The molecule has 0 saturated carbocycles. The van der Waals surface area contributed by atoms with E-state index in [1.54, 1.807) is 0 Å². The van der Waals surface area contributed by atoms with Gasteiger partial charge in [-0.05, 0) is 43.7 Å². The summed E-state index contributed by atoms with van der Waals surface area (Å²) in [6.07, 6.45) is 6.80. The highest BCUT2D eigenvalue weighted by Gasteiger charge is 2.37. The van der Waals surface area contributed by atoms with Crippen molar-refractivity contribution in [3.8, 4) is 0 Å². The molecule has 2 N–H and O–H groups in total. The van der Waals surface area contributed by atoms with E-state index in [-0.39, 0.29) is 0 Å². The van der Waals surface area contributed by atoms with Gasteiger partial charge < -0.3 is 5.73 Å². The molecule has 2 aliphatic rings. The van der Waals surface area contributed by atoms with Crippen LogP contribution >= 0.6 is 0 Å². The summed E-state index contributed by atoms with van der Waals surface area (Å²) in [4.78, 5) is 2.75. The topological polar surface area (TPSA) is 29.3 Å². The highest BCUT2D eigenvalue weighted by Crippen LogP contribution is 2.37. The van der Waals surface area contributed by atoms with Crippen molar-refractivity contribution in [2.24, 2.45) is 11.7 Å². The molecule has 2 fully saturated rings. The second-order valence-electron chi connectivity index (χ2n) is 5.97. The second kappa shape index (κ2) is 5.41. The third-order valence-corrected chi connectivity index (χ3v) is 4.76. The fourth-order valence-electron chi connectivity index (χ4n) is 3.84. The number of nitrogens with two attached hydrogens (primary N) is 1. The molecule has 2 saturated heterocycles. The molecule has 18 heavy (non-hydrogen) atoms. The molecule has 2 bridgehead atoms. The van der Waals surface area contributed by atoms with Gasteiger partial charge in [0.2, 0.25) is 0 Å². The zero-order valence-electron chi connectivity index (χ0n) is 11.1. The Morgan fingerprint density at radius 3 is 2.33 bits per heavy atom. The van der Waals surface area contributed by atoms with Gasteiger partial charge in [-0.25, -0.2) is 0 Å². The average Bonchev–Trinajstić information content (AvgIpc) is 2.39. The molecular formula is C16H24N2. The molecule has 0 aromatic heterocycles. The molecule has 2 nitrogen and oxygen atoms in total. The van der Waals surface area contributed by atoms with Gasteiger partial charge in [0.15, 0.2) is 0 Å². The number of hydrogen-bond acceptors (Lipinski definition) is 2. The zero-order chi connectivity index (χ0) is 12.4. The molecule has 0 radical (unpaired) electrons. The van der Waals surface area contributed by atoms with Gasteiger partial charge in [-0.3, -0.25) is 4.90 Å².